The highest BCUT2D eigenvalue weighted by Crippen LogP contribution is 2.43. The first-order valence-electron chi connectivity index (χ1n) is 13.8. The SMILES string of the molecule is CCCCCCCCCCCCCCCCOP(=O)(O)OCC[N+](C)(C)C1CCCCC1. The zero-order chi connectivity index (χ0) is 23.5. The Labute approximate surface area is 199 Å². The number of quaternary nitrogens is 1. The van der Waals surface area contributed by atoms with Crippen LogP contribution in [-0.4, -0.2) is 49.3 Å². The molecule has 0 aromatic heterocycles. The van der Waals surface area contributed by atoms with Crippen molar-refractivity contribution >= 4 is 7.82 Å². The summed E-state index contributed by atoms with van der Waals surface area (Å²) in [6.07, 6.45) is 24.6. The smallest absolute Gasteiger partial charge is 0.324 e. The van der Waals surface area contributed by atoms with E-state index in [-0.39, 0.29) is 6.61 Å². The van der Waals surface area contributed by atoms with E-state index in [0.717, 1.165) is 23.9 Å². The van der Waals surface area contributed by atoms with Gasteiger partial charge >= 0.3 is 7.82 Å². The molecule has 1 unspecified atom stereocenters. The van der Waals surface area contributed by atoms with Crippen LogP contribution in [0.25, 0.3) is 0 Å². The number of hydrogen-bond acceptors (Lipinski definition) is 3. The van der Waals surface area contributed by atoms with Crippen molar-refractivity contribution in [3.8, 4) is 0 Å². The molecule has 0 heterocycles. The Bertz CT molecular complexity index is 480. The van der Waals surface area contributed by atoms with Crippen LogP contribution in [0, 0.1) is 0 Å². The van der Waals surface area contributed by atoms with Crippen molar-refractivity contribution in [1.29, 1.82) is 0 Å². The first-order valence-corrected chi connectivity index (χ1v) is 15.3. The lowest BCUT2D eigenvalue weighted by Crippen LogP contribution is -2.51. The zero-order valence-electron chi connectivity index (χ0n) is 21.7. The molecule has 0 saturated heterocycles. The molecule has 192 valence electrons. The molecule has 1 rings (SSSR count). The van der Waals surface area contributed by atoms with Crippen LogP contribution in [-0.2, 0) is 13.6 Å². The maximum absolute atomic E-state index is 12.1. The fourth-order valence-corrected chi connectivity index (χ4v) is 5.61. The van der Waals surface area contributed by atoms with Crippen molar-refractivity contribution in [2.75, 3.05) is 33.9 Å². The number of phosphoric acid groups is 1. The average Bonchev–Trinajstić information content (AvgIpc) is 2.76. The van der Waals surface area contributed by atoms with E-state index in [1.54, 1.807) is 0 Å². The second-order valence-corrected chi connectivity index (χ2v) is 12.0. The summed E-state index contributed by atoms with van der Waals surface area (Å²) in [6, 6.07) is 0.641. The highest BCUT2D eigenvalue weighted by molar-refractivity contribution is 7.47. The van der Waals surface area contributed by atoms with Gasteiger partial charge in [-0.1, -0.05) is 96.8 Å². The van der Waals surface area contributed by atoms with Gasteiger partial charge < -0.3 is 9.38 Å². The molecular formula is C26H55NO4P+. The van der Waals surface area contributed by atoms with Crippen molar-refractivity contribution in [1.82, 2.24) is 0 Å². The number of nitrogens with zero attached hydrogens (tertiary/aromatic N) is 1. The van der Waals surface area contributed by atoms with Gasteiger partial charge in [0.15, 0.2) is 0 Å². The lowest BCUT2D eigenvalue weighted by atomic mass is 9.93. The van der Waals surface area contributed by atoms with Gasteiger partial charge in [0.2, 0.25) is 0 Å². The number of rotatable bonds is 21. The van der Waals surface area contributed by atoms with Crippen molar-refractivity contribution in [3.05, 3.63) is 0 Å². The van der Waals surface area contributed by atoms with Crippen LogP contribution < -0.4 is 0 Å². The first kappa shape index (κ1) is 30.1. The monoisotopic (exact) mass is 476 g/mol. The minimum absolute atomic E-state index is 0.274. The highest BCUT2D eigenvalue weighted by Gasteiger charge is 2.30. The minimum atomic E-state index is -3.92. The maximum atomic E-state index is 12.1. The summed E-state index contributed by atoms with van der Waals surface area (Å²) in [4.78, 5) is 9.93. The van der Waals surface area contributed by atoms with Gasteiger partial charge in [0, 0.05) is 0 Å². The topological polar surface area (TPSA) is 55.8 Å². The van der Waals surface area contributed by atoms with Crippen molar-refractivity contribution in [2.45, 2.75) is 135 Å². The summed E-state index contributed by atoms with van der Waals surface area (Å²) in [7, 11) is 0.496. The van der Waals surface area contributed by atoms with E-state index < -0.39 is 7.82 Å². The Kier molecular flexibility index (Phi) is 17.3. The normalized spacial score (nSPS) is 17.5. The number of phosphoric ester groups is 1. The van der Waals surface area contributed by atoms with Gasteiger partial charge in [0.05, 0.1) is 26.7 Å². The van der Waals surface area contributed by atoms with Gasteiger partial charge in [0.25, 0.3) is 0 Å². The van der Waals surface area contributed by atoms with Gasteiger partial charge in [0.1, 0.15) is 13.2 Å². The Hall–Kier alpha value is 0.0700. The fraction of sp³-hybridized carbons (Fsp3) is 1.00. The Balaban J connectivity index is 1.91. The molecule has 5 nitrogen and oxygen atoms in total. The molecule has 0 amide bonds. The lowest BCUT2D eigenvalue weighted by Gasteiger charge is -2.40. The number of unbranched alkanes of at least 4 members (excludes halogenated alkanes) is 13. The molecular weight excluding hydrogens is 421 g/mol. The third kappa shape index (κ3) is 15.8. The summed E-state index contributed by atoms with van der Waals surface area (Å²) in [5, 5.41) is 0. The summed E-state index contributed by atoms with van der Waals surface area (Å²) in [6.45, 7) is 3.60. The lowest BCUT2D eigenvalue weighted by molar-refractivity contribution is -0.916. The van der Waals surface area contributed by atoms with Gasteiger partial charge in [-0.2, -0.15) is 0 Å². The van der Waals surface area contributed by atoms with E-state index >= 15 is 0 Å². The number of hydrogen-bond donors (Lipinski definition) is 1. The predicted octanol–water partition coefficient (Wildman–Crippen LogP) is 8.01. The molecule has 1 saturated carbocycles. The second kappa shape index (κ2) is 18.4. The Morgan fingerprint density at radius 1 is 0.719 bits per heavy atom. The molecule has 0 spiro atoms. The van der Waals surface area contributed by atoms with Crippen LogP contribution in [0.1, 0.15) is 129 Å². The molecule has 0 radical (unpaired) electrons. The first-order chi connectivity index (χ1) is 15.4. The van der Waals surface area contributed by atoms with Crippen LogP contribution in [0.4, 0.5) is 0 Å². The van der Waals surface area contributed by atoms with Crippen LogP contribution in [0.3, 0.4) is 0 Å². The molecule has 32 heavy (non-hydrogen) atoms. The van der Waals surface area contributed by atoms with E-state index in [0.29, 0.717) is 12.6 Å². The molecule has 1 aliphatic rings. The average molecular weight is 477 g/mol. The van der Waals surface area contributed by atoms with Gasteiger partial charge in [-0.3, -0.25) is 9.05 Å². The van der Waals surface area contributed by atoms with Crippen molar-refractivity contribution < 1.29 is 23.0 Å². The third-order valence-electron chi connectivity index (χ3n) is 7.24. The summed E-state index contributed by atoms with van der Waals surface area (Å²) < 4.78 is 23.4. The largest absolute Gasteiger partial charge is 0.472 e. The second-order valence-electron chi connectivity index (χ2n) is 10.5. The maximum Gasteiger partial charge on any atom is 0.472 e. The minimum Gasteiger partial charge on any atom is -0.324 e. The highest BCUT2D eigenvalue weighted by atomic mass is 31.2. The Morgan fingerprint density at radius 3 is 1.66 bits per heavy atom. The van der Waals surface area contributed by atoms with E-state index in [4.69, 9.17) is 9.05 Å². The third-order valence-corrected chi connectivity index (χ3v) is 8.26. The summed E-state index contributed by atoms with van der Waals surface area (Å²) >= 11 is 0. The molecule has 1 aliphatic carbocycles. The van der Waals surface area contributed by atoms with E-state index in [9.17, 15) is 9.46 Å². The van der Waals surface area contributed by atoms with Crippen molar-refractivity contribution in [2.24, 2.45) is 0 Å². The standard InChI is InChI=1S/C26H54NO4P/c1-4-5-6-7-8-9-10-11-12-13-14-15-16-20-24-30-32(28,29)31-25-23-27(2,3)26-21-18-17-19-22-26/h26H,4-25H2,1-3H3/p+1. The van der Waals surface area contributed by atoms with Gasteiger partial charge in [-0.15, -0.1) is 0 Å². The number of likely N-dealkylation sites (N-methyl/N-ethyl adjacent to an activating group) is 1. The molecule has 0 aromatic rings. The van der Waals surface area contributed by atoms with Gasteiger partial charge in [-0.25, -0.2) is 4.57 Å². The molecule has 6 heteroatoms. The summed E-state index contributed by atoms with van der Waals surface area (Å²) in [5.41, 5.74) is 0. The molecule has 1 fully saturated rings. The van der Waals surface area contributed by atoms with Crippen LogP contribution in [0.15, 0.2) is 0 Å². The van der Waals surface area contributed by atoms with Crippen molar-refractivity contribution in [3.63, 3.8) is 0 Å². The van der Waals surface area contributed by atoms with Crippen LogP contribution in [0.5, 0.6) is 0 Å². The Morgan fingerprint density at radius 2 is 1.16 bits per heavy atom. The molecule has 0 aromatic carbocycles. The zero-order valence-corrected chi connectivity index (χ0v) is 22.6. The van der Waals surface area contributed by atoms with Crippen LogP contribution in [0.2, 0.25) is 0 Å². The fourth-order valence-electron chi connectivity index (χ4n) is 4.87. The molecule has 1 atom stereocenters. The quantitative estimate of drug-likeness (QED) is 0.104. The van der Waals surface area contributed by atoms with E-state index in [1.165, 1.54) is 109 Å². The van der Waals surface area contributed by atoms with Crippen LogP contribution >= 0.6 is 7.82 Å². The molecule has 0 bridgehead atoms. The molecule has 0 aliphatic heterocycles. The van der Waals surface area contributed by atoms with Gasteiger partial charge in [-0.05, 0) is 32.1 Å². The summed E-state index contributed by atoms with van der Waals surface area (Å²) in [5.74, 6) is 0. The predicted molar refractivity (Wildman–Crippen MR) is 136 cm³/mol. The van der Waals surface area contributed by atoms with E-state index in [1.807, 2.05) is 0 Å². The van der Waals surface area contributed by atoms with E-state index in [2.05, 4.69) is 21.0 Å². The molecule has 1 N–H and O–H groups in total.